The van der Waals surface area contributed by atoms with E-state index in [2.05, 4.69) is 69.4 Å². The molecule has 0 aliphatic carbocycles. The monoisotopic (exact) mass is 528 g/mol. The maximum absolute atomic E-state index is 6.32. The molecule has 0 N–H and O–H groups in total. The molecular weight excluding hydrogens is 464 g/mol. The van der Waals surface area contributed by atoms with Crippen molar-refractivity contribution < 1.29 is 9.47 Å². The zero-order valence-corrected chi connectivity index (χ0v) is 25.8. The first kappa shape index (κ1) is 34.9. The Morgan fingerprint density at radius 3 is 1.26 bits per heavy atom. The second-order valence-corrected chi connectivity index (χ2v) is 11.5. The molecule has 1 fully saturated rings. The largest absolute Gasteiger partial charge is 0.347 e. The molecule has 0 aromatic rings. The molecule has 1 heterocycles. The summed E-state index contributed by atoms with van der Waals surface area (Å²) in [5, 5.41) is 0. The lowest BCUT2D eigenvalue weighted by atomic mass is 9.99. The number of allylic oxidation sites excluding steroid dienone is 8. The van der Waals surface area contributed by atoms with Crippen LogP contribution in [0.2, 0.25) is 0 Å². The first-order chi connectivity index (χ1) is 18.7. The van der Waals surface area contributed by atoms with Crippen LogP contribution in [0.15, 0.2) is 48.6 Å². The van der Waals surface area contributed by atoms with Crippen LogP contribution in [0.1, 0.15) is 162 Å². The molecule has 0 aromatic carbocycles. The highest BCUT2D eigenvalue weighted by Gasteiger charge is 2.38. The Bertz CT molecular complexity index is 571. The van der Waals surface area contributed by atoms with Crippen molar-refractivity contribution in [3.05, 3.63) is 48.6 Å². The Morgan fingerprint density at radius 2 is 0.895 bits per heavy atom. The Kier molecular flexibility index (Phi) is 24.0. The van der Waals surface area contributed by atoms with E-state index < -0.39 is 0 Å². The van der Waals surface area contributed by atoms with Gasteiger partial charge in [0.15, 0.2) is 5.79 Å². The highest BCUT2D eigenvalue weighted by atomic mass is 16.7. The van der Waals surface area contributed by atoms with Crippen LogP contribution >= 0.6 is 0 Å². The summed E-state index contributed by atoms with van der Waals surface area (Å²) in [4.78, 5) is 0. The van der Waals surface area contributed by atoms with Gasteiger partial charge in [-0.25, -0.2) is 0 Å². The van der Waals surface area contributed by atoms with Gasteiger partial charge in [-0.3, -0.25) is 0 Å². The first-order valence-electron chi connectivity index (χ1n) is 16.7. The molecular formula is C36H64O2. The third kappa shape index (κ3) is 20.8. The lowest BCUT2D eigenvalue weighted by Crippen LogP contribution is -2.30. The van der Waals surface area contributed by atoms with Crippen molar-refractivity contribution in [3.63, 3.8) is 0 Å². The van der Waals surface area contributed by atoms with Crippen LogP contribution in [0.25, 0.3) is 0 Å². The van der Waals surface area contributed by atoms with Crippen molar-refractivity contribution >= 4 is 0 Å². The SMILES string of the molecule is CCCCC/C=C\C=C\CCCCCCCC1(CCCCCCC/C=C/C=C\CCCCC)OCC(C)O1. The fraction of sp³-hybridized carbons (Fsp3) is 0.778. The first-order valence-corrected chi connectivity index (χ1v) is 16.7. The van der Waals surface area contributed by atoms with Gasteiger partial charge in [-0.15, -0.1) is 0 Å². The van der Waals surface area contributed by atoms with E-state index in [-0.39, 0.29) is 11.9 Å². The van der Waals surface area contributed by atoms with Crippen molar-refractivity contribution in [2.45, 2.75) is 174 Å². The van der Waals surface area contributed by atoms with Gasteiger partial charge in [-0.05, 0) is 71.1 Å². The summed E-state index contributed by atoms with van der Waals surface area (Å²) in [6, 6.07) is 0. The smallest absolute Gasteiger partial charge is 0.168 e. The van der Waals surface area contributed by atoms with Gasteiger partial charge in [0.25, 0.3) is 0 Å². The molecule has 1 saturated heterocycles. The molecule has 1 rings (SSSR count). The van der Waals surface area contributed by atoms with Crippen molar-refractivity contribution in [1.82, 2.24) is 0 Å². The maximum atomic E-state index is 6.32. The lowest BCUT2D eigenvalue weighted by Gasteiger charge is -2.28. The van der Waals surface area contributed by atoms with E-state index in [9.17, 15) is 0 Å². The lowest BCUT2D eigenvalue weighted by molar-refractivity contribution is -0.177. The number of hydrogen-bond acceptors (Lipinski definition) is 2. The van der Waals surface area contributed by atoms with E-state index in [1.54, 1.807) is 0 Å². The van der Waals surface area contributed by atoms with Gasteiger partial charge in [0.1, 0.15) is 0 Å². The quantitative estimate of drug-likeness (QED) is 0.0820. The normalized spacial score (nSPS) is 17.8. The van der Waals surface area contributed by atoms with E-state index in [1.165, 1.54) is 128 Å². The Labute approximate surface area is 238 Å². The van der Waals surface area contributed by atoms with E-state index in [0.29, 0.717) is 0 Å². The minimum Gasteiger partial charge on any atom is -0.347 e. The molecule has 1 aliphatic heterocycles. The zero-order chi connectivity index (χ0) is 27.4. The van der Waals surface area contributed by atoms with Crippen LogP contribution in [0, 0.1) is 0 Å². The minimum absolute atomic E-state index is 0.245. The van der Waals surface area contributed by atoms with Crippen LogP contribution in [0.5, 0.6) is 0 Å². The molecule has 2 heteroatoms. The van der Waals surface area contributed by atoms with Gasteiger partial charge in [0, 0.05) is 12.8 Å². The Balaban J connectivity index is 2.04. The van der Waals surface area contributed by atoms with Gasteiger partial charge in [0.05, 0.1) is 12.7 Å². The standard InChI is InChI=1S/C36H64O2/c1-4-6-8-10-12-14-16-18-20-22-24-26-28-30-32-36(37-34-35(3)38-36)33-31-29-27-25-23-21-19-17-15-13-11-9-7-5-2/h12-19,35H,4-11,20-34H2,1-3H3/b14-12-,15-13-,18-16+,19-17+. The average Bonchev–Trinajstić information content (AvgIpc) is 3.29. The summed E-state index contributed by atoms with van der Waals surface area (Å²) in [5.74, 6) is -0.294. The molecule has 0 radical (unpaired) electrons. The average molecular weight is 529 g/mol. The summed E-state index contributed by atoms with van der Waals surface area (Å²) >= 11 is 0. The van der Waals surface area contributed by atoms with Crippen LogP contribution < -0.4 is 0 Å². The number of rotatable bonds is 26. The van der Waals surface area contributed by atoms with E-state index in [4.69, 9.17) is 9.47 Å². The van der Waals surface area contributed by atoms with Crippen LogP contribution in [-0.4, -0.2) is 18.5 Å². The maximum Gasteiger partial charge on any atom is 0.168 e. The summed E-state index contributed by atoms with van der Waals surface area (Å²) in [7, 11) is 0. The van der Waals surface area contributed by atoms with Crippen molar-refractivity contribution in [2.24, 2.45) is 0 Å². The number of hydrogen-bond donors (Lipinski definition) is 0. The summed E-state index contributed by atoms with van der Waals surface area (Å²) in [6.07, 6.45) is 46.4. The molecule has 1 unspecified atom stereocenters. The third-order valence-electron chi connectivity index (χ3n) is 7.57. The highest BCUT2D eigenvalue weighted by molar-refractivity contribution is 5.02. The number of ether oxygens (including phenoxy) is 2. The topological polar surface area (TPSA) is 18.5 Å². The second-order valence-electron chi connectivity index (χ2n) is 11.5. The van der Waals surface area contributed by atoms with Crippen molar-refractivity contribution in [1.29, 1.82) is 0 Å². The summed E-state index contributed by atoms with van der Waals surface area (Å²) in [6.45, 7) is 7.44. The highest BCUT2D eigenvalue weighted by Crippen LogP contribution is 2.34. The fourth-order valence-electron chi connectivity index (χ4n) is 5.19. The van der Waals surface area contributed by atoms with Crippen molar-refractivity contribution in [3.8, 4) is 0 Å². The van der Waals surface area contributed by atoms with Gasteiger partial charge >= 0.3 is 0 Å². The fourth-order valence-corrected chi connectivity index (χ4v) is 5.19. The van der Waals surface area contributed by atoms with Gasteiger partial charge in [-0.1, -0.05) is 127 Å². The van der Waals surface area contributed by atoms with Crippen LogP contribution in [-0.2, 0) is 9.47 Å². The van der Waals surface area contributed by atoms with E-state index >= 15 is 0 Å². The molecule has 0 bridgehead atoms. The van der Waals surface area contributed by atoms with E-state index in [0.717, 1.165) is 19.4 Å². The van der Waals surface area contributed by atoms with Gasteiger partial charge in [0.2, 0.25) is 0 Å². The molecule has 38 heavy (non-hydrogen) atoms. The summed E-state index contributed by atoms with van der Waals surface area (Å²) < 4.78 is 12.5. The molecule has 0 saturated carbocycles. The van der Waals surface area contributed by atoms with Crippen LogP contribution in [0.4, 0.5) is 0 Å². The third-order valence-corrected chi connectivity index (χ3v) is 7.57. The Morgan fingerprint density at radius 1 is 0.526 bits per heavy atom. The van der Waals surface area contributed by atoms with Gasteiger partial charge in [-0.2, -0.15) is 0 Å². The zero-order valence-electron chi connectivity index (χ0n) is 25.8. The van der Waals surface area contributed by atoms with Crippen LogP contribution in [0.3, 0.4) is 0 Å². The molecule has 220 valence electrons. The molecule has 0 spiro atoms. The van der Waals surface area contributed by atoms with Crippen molar-refractivity contribution in [2.75, 3.05) is 6.61 Å². The minimum atomic E-state index is -0.294. The Hall–Kier alpha value is -1.12. The molecule has 2 nitrogen and oxygen atoms in total. The van der Waals surface area contributed by atoms with Gasteiger partial charge < -0.3 is 9.47 Å². The predicted molar refractivity (Wildman–Crippen MR) is 169 cm³/mol. The predicted octanol–water partition coefficient (Wildman–Crippen LogP) is 12.0. The van der Waals surface area contributed by atoms with E-state index in [1.807, 2.05) is 0 Å². The second kappa shape index (κ2) is 26.1. The molecule has 0 aromatic heterocycles. The summed E-state index contributed by atoms with van der Waals surface area (Å²) in [5.41, 5.74) is 0. The molecule has 1 aliphatic rings. The number of unbranched alkanes of at least 4 members (excludes halogenated alkanes) is 16. The molecule has 0 amide bonds. The molecule has 1 atom stereocenters.